The highest BCUT2D eigenvalue weighted by atomic mass is 32.2. The van der Waals surface area contributed by atoms with Crippen LogP contribution in [0.1, 0.15) is 43.4 Å². The SMILES string of the molecule is CC#C/C=C\CC1=C(C)CCc2ccccc2/C1=C/c1ccccc1SN. The Bertz CT molecular complexity index is 967. The number of hydrogen-bond acceptors (Lipinski definition) is 2. The quantitative estimate of drug-likeness (QED) is 0.495. The average Bonchev–Trinajstić information content (AvgIpc) is 2.83. The number of aryl methyl sites for hydroxylation is 1. The molecule has 0 bridgehead atoms. The first kappa shape index (κ1) is 19.3. The van der Waals surface area contributed by atoms with Crippen LogP contribution in [-0.4, -0.2) is 0 Å². The number of rotatable bonds is 4. The number of hydrogen-bond donors (Lipinski definition) is 1. The van der Waals surface area contributed by atoms with Crippen molar-refractivity contribution >= 4 is 23.6 Å². The second-order valence-electron chi connectivity index (χ2n) is 6.63. The van der Waals surface area contributed by atoms with E-state index in [4.69, 9.17) is 5.14 Å². The van der Waals surface area contributed by atoms with Crippen molar-refractivity contribution in [1.82, 2.24) is 0 Å². The molecule has 2 heteroatoms. The van der Waals surface area contributed by atoms with Crippen LogP contribution in [0.2, 0.25) is 0 Å². The minimum atomic E-state index is 0.888. The van der Waals surface area contributed by atoms with Crippen molar-refractivity contribution in [1.29, 1.82) is 0 Å². The minimum absolute atomic E-state index is 0.888. The topological polar surface area (TPSA) is 26.0 Å². The largest absolute Gasteiger partial charge is 0.274 e. The van der Waals surface area contributed by atoms with Crippen molar-refractivity contribution in [2.75, 3.05) is 0 Å². The van der Waals surface area contributed by atoms with E-state index in [-0.39, 0.29) is 0 Å². The van der Waals surface area contributed by atoms with Gasteiger partial charge in [-0.1, -0.05) is 60.0 Å². The van der Waals surface area contributed by atoms with E-state index in [0.29, 0.717) is 0 Å². The molecule has 0 unspecified atom stereocenters. The molecule has 0 amide bonds. The molecule has 0 aromatic heterocycles. The summed E-state index contributed by atoms with van der Waals surface area (Å²) in [5.41, 5.74) is 8.05. The molecule has 0 saturated carbocycles. The summed E-state index contributed by atoms with van der Waals surface area (Å²) in [6, 6.07) is 17.1. The van der Waals surface area contributed by atoms with E-state index >= 15 is 0 Å². The smallest absolute Gasteiger partial charge is 0.0298 e. The molecule has 1 nitrogen and oxygen atoms in total. The van der Waals surface area contributed by atoms with Crippen LogP contribution in [0.15, 0.2) is 76.7 Å². The van der Waals surface area contributed by atoms with Gasteiger partial charge < -0.3 is 0 Å². The molecule has 0 fully saturated rings. The molecule has 0 spiro atoms. The lowest BCUT2D eigenvalue weighted by atomic mass is 9.90. The monoisotopic (exact) mass is 371 g/mol. The van der Waals surface area contributed by atoms with Crippen molar-refractivity contribution < 1.29 is 0 Å². The average molecular weight is 372 g/mol. The molecule has 136 valence electrons. The zero-order valence-corrected chi connectivity index (χ0v) is 16.8. The van der Waals surface area contributed by atoms with E-state index in [0.717, 1.165) is 24.2 Å². The van der Waals surface area contributed by atoms with Gasteiger partial charge in [0.15, 0.2) is 0 Å². The lowest BCUT2D eigenvalue weighted by Gasteiger charge is -2.15. The first-order valence-corrected chi connectivity index (χ1v) is 10.1. The highest BCUT2D eigenvalue weighted by Gasteiger charge is 2.18. The van der Waals surface area contributed by atoms with Gasteiger partial charge in [-0.05, 0) is 91.1 Å². The van der Waals surface area contributed by atoms with Crippen LogP contribution >= 0.6 is 11.9 Å². The standard InChI is InChI=1S/C25H25NS/c1-3-4-5-6-13-22-19(2)16-17-20-11-7-9-14-23(20)24(22)18-21-12-8-10-15-25(21)27-26/h5-12,14-15,18H,13,16-17,26H2,1-2H3/b6-5-,24-18+. The second-order valence-corrected chi connectivity index (χ2v) is 7.31. The van der Waals surface area contributed by atoms with Crippen LogP contribution < -0.4 is 5.14 Å². The Labute approximate surface area is 167 Å². The first-order chi connectivity index (χ1) is 13.2. The molecular formula is C25H25NS. The summed E-state index contributed by atoms with van der Waals surface area (Å²) in [5.74, 6) is 5.95. The summed E-state index contributed by atoms with van der Waals surface area (Å²) in [7, 11) is 0. The van der Waals surface area contributed by atoms with Gasteiger partial charge in [0.25, 0.3) is 0 Å². The summed E-state index contributed by atoms with van der Waals surface area (Å²) in [6.07, 6.45) is 9.48. The predicted octanol–water partition coefficient (Wildman–Crippen LogP) is 6.43. The maximum Gasteiger partial charge on any atom is 0.0298 e. The van der Waals surface area contributed by atoms with E-state index in [9.17, 15) is 0 Å². The summed E-state index contributed by atoms with van der Waals surface area (Å²) in [4.78, 5) is 1.09. The van der Waals surface area contributed by atoms with E-state index in [1.807, 2.05) is 19.1 Å². The molecule has 1 aliphatic carbocycles. The van der Waals surface area contributed by atoms with Crippen molar-refractivity contribution in [2.24, 2.45) is 5.14 Å². The normalized spacial score (nSPS) is 15.4. The Morgan fingerprint density at radius 3 is 2.67 bits per heavy atom. The third-order valence-electron chi connectivity index (χ3n) is 4.93. The van der Waals surface area contributed by atoms with Gasteiger partial charge in [-0.3, -0.25) is 5.14 Å². The molecule has 0 atom stereocenters. The van der Waals surface area contributed by atoms with Gasteiger partial charge in [0.05, 0.1) is 0 Å². The van der Waals surface area contributed by atoms with Gasteiger partial charge in [-0.15, -0.1) is 5.92 Å². The van der Waals surface area contributed by atoms with Crippen LogP contribution in [0, 0.1) is 11.8 Å². The fourth-order valence-corrected chi connectivity index (χ4v) is 3.92. The highest BCUT2D eigenvalue weighted by Crippen LogP contribution is 2.38. The Hall–Kier alpha value is -2.47. The Balaban J connectivity index is 2.16. The third-order valence-corrected chi connectivity index (χ3v) is 5.56. The number of fused-ring (bicyclic) bond motifs is 1. The minimum Gasteiger partial charge on any atom is -0.274 e. The van der Waals surface area contributed by atoms with Gasteiger partial charge >= 0.3 is 0 Å². The summed E-state index contributed by atoms with van der Waals surface area (Å²) in [5, 5.41) is 5.91. The van der Waals surface area contributed by atoms with Gasteiger partial charge in [0, 0.05) is 4.90 Å². The number of nitrogens with two attached hydrogens (primary N) is 1. The van der Waals surface area contributed by atoms with E-state index < -0.39 is 0 Å². The number of benzene rings is 2. The van der Waals surface area contributed by atoms with Crippen molar-refractivity contribution in [3.63, 3.8) is 0 Å². The number of allylic oxidation sites excluding steroid dienone is 5. The second kappa shape index (κ2) is 9.46. The van der Waals surface area contributed by atoms with Crippen LogP contribution in [0.25, 0.3) is 11.6 Å². The maximum atomic E-state index is 5.91. The van der Waals surface area contributed by atoms with Gasteiger partial charge in [0.1, 0.15) is 0 Å². The summed E-state index contributed by atoms with van der Waals surface area (Å²) in [6.45, 7) is 4.13. The maximum absolute atomic E-state index is 5.91. The molecule has 2 aromatic rings. The van der Waals surface area contributed by atoms with Gasteiger partial charge in [0.2, 0.25) is 0 Å². The van der Waals surface area contributed by atoms with Gasteiger partial charge in [-0.2, -0.15) is 0 Å². The Kier molecular flexibility index (Phi) is 6.76. The molecule has 0 aliphatic heterocycles. The van der Waals surface area contributed by atoms with E-state index in [1.165, 1.54) is 45.4 Å². The van der Waals surface area contributed by atoms with Crippen LogP contribution in [0.4, 0.5) is 0 Å². The summed E-state index contributed by atoms with van der Waals surface area (Å²) >= 11 is 1.30. The van der Waals surface area contributed by atoms with Crippen molar-refractivity contribution in [3.8, 4) is 11.8 Å². The molecule has 3 rings (SSSR count). The van der Waals surface area contributed by atoms with Crippen molar-refractivity contribution in [3.05, 3.63) is 88.5 Å². The predicted molar refractivity (Wildman–Crippen MR) is 119 cm³/mol. The third kappa shape index (κ3) is 4.63. The molecule has 2 aromatic carbocycles. The van der Waals surface area contributed by atoms with Crippen LogP contribution in [0.3, 0.4) is 0 Å². The van der Waals surface area contributed by atoms with Crippen LogP contribution in [-0.2, 0) is 6.42 Å². The Morgan fingerprint density at radius 2 is 1.85 bits per heavy atom. The fraction of sp³-hybridized carbons (Fsp3) is 0.200. The Morgan fingerprint density at radius 1 is 1.07 bits per heavy atom. The molecule has 0 radical (unpaired) electrons. The summed E-state index contributed by atoms with van der Waals surface area (Å²) < 4.78 is 0. The molecule has 0 heterocycles. The molecular weight excluding hydrogens is 346 g/mol. The lowest BCUT2D eigenvalue weighted by Crippen LogP contribution is -1.95. The zero-order chi connectivity index (χ0) is 19.1. The lowest BCUT2D eigenvalue weighted by molar-refractivity contribution is 0.935. The fourth-order valence-electron chi connectivity index (χ4n) is 3.50. The highest BCUT2D eigenvalue weighted by molar-refractivity contribution is 7.97. The van der Waals surface area contributed by atoms with Crippen LogP contribution in [0.5, 0.6) is 0 Å². The molecule has 27 heavy (non-hydrogen) atoms. The van der Waals surface area contributed by atoms with E-state index in [2.05, 4.69) is 73.4 Å². The van der Waals surface area contributed by atoms with E-state index in [1.54, 1.807) is 0 Å². The molecule has 0 saturated heterocycles. The zero-order valence-electron chi connectivity index (χ0n) is 16.0. The van der Waals surface area contributed by atoms with Gasteiger partial charge in [-0.25, -0.2) is 0 Å². The molecule has 2 N–H and O–H groups in total. The van der Waals surface area contributed by atoms with Crippen molar-refractivity contribution in [2.45, 2.75) is 38.0 Å². The first-order valence-electron chi connectivity index (χ1n) is 9.26. The molecule has 1 aliphatic rings.